The largest absolute Gasteiger partial charge is 0.311 e. The van der Waals surface area contributed by atoms with Gasteiger partial charge in [0, 0.05) is 137 Å². The van der Waals surface area contributed by atoms with Crippen LogP contribution in [0.25, 0.3) is 144 Å². The van der Waals surface area contributed by atoms with Crippen LogP contribution in [0.2, 0.25) is 0 Å². The van der Waals surface area contributed by atoms with Gasteiger partial charge in [-0.2, -0.15) is 0 Å². The Morgan fingerprint density at radius 1 is 0.216 bits per heavy atom. The Morgan fingerprint density at radius 2 is 0.470 bits per heavy atom. The Balaban J connectivity index is 0.000000121. The highest BCUT2D eigenvalue weighted by Gasteiger charge is 2.36. The number of para-hydroxylation sites is 4. The molecule has 0 bridgehead atoms. The molecule has 16 aromatic carbocycles. The van der Waals surface area contributed by atoms with Gasteiger partial charge in [-0.15, -0.1) is 0 Å². The maximum Gasteiger partial charge on any atom is 0.0710 e. The fraction of sp³-hybridized carbons (Fsp3) is 0.0794. The summed E-state index contributed by atoms with van der Waals surface area (Å²) in [5.74, 6) is 0. The third-order valence-corrected chi connectivity index (χ3v) is 26.4. The van der Waals surface area contributed by atoms with Gasteiger partial charge >= 0.3 is 0 Å². The minimum absolute atomic E-state index is 0.00636. The Bertz CT molecular complexity index is 7140. The van der Waals surface area contributed by atoms with Crippen molar-refractivity contribution in [1.82, 2.24) is 29.1 Å². The highest BCUT2D eigenvalue weighted by atomic mass is 15.1. The molecule has 0 aliphatic heterocycles. The molecule has 22 aromatic rings. The maximum atomic E-state index is 5.19. The molecule has 0 amide bonds. The van der Waals surface area contributed by atoms with Gasteiger partial charge in [0.1, 0.15) is 0 Å². The molecule has 23 rings (SSSR count). The average Bonchev–Trinajstić information content (AvgIpc) is 1.59. The van der Waals surface area contributed by atoms with Crippen LogP contribution in [0.4, 0.5) is 34.1 Å². The summed E-state index contributed by atoms with van der Waals surface area (Å²) in [6.07, 6.45) is 17.3. The number of fused-ring (bicyclic) bond motifs is 6. The van der Waals surface area contributed by atoms with Crippen LogP contribution in [0.5, 0.6) is 0 Å². The molecule has 6 heterocycles. The van der Waals surface area contributed by atoms with Crippen molar-refractivity contribution < 1.29 is 0 Å². The Morgan fingerprint density at radius 3 is 0.769 bits per heavy atom. The number of hydrogen-bond acceptors (Lipinski definition) is 6. The summed E-state index contributed by atoms with van der Waals surface area (Å²) >= 11 is 0. The molecule has 134 heavy (non-hydrogen) atoms. The van der Waals surface area contributed by atoms with Gasteiger partial charge < -0.3 is 18.9 Å². The topological polar surface area (TPSA) is 67.9 Å². The Kier molecular flexibility index (Phi) is 23.7. The standard InChI is InChI=1S/C46H46N2.C41H27N3.C39H27N3/c1-34-8-20-40(21-9-34)47(41-22-10-35(2)11-23-41)44-28-16-38(17-29-44)46(32-6-5-7-33-46)39-18-30-45(31-19-39)48(42-24-12-36(3)13-25-42)43-26-14-37(4)15-27-43;1-5-22-38-32(16-1)33-17-2-6-23-39(33)43(38)30-14-9-12-28(26-30)36-20-11-21-37(42-36)29-13-10-15-31(27-29)44-40-24-7-3-18-34(40)35-19-4-8-25-41(35)44;1-7-28(34-13-4-16-40-25-34)19-31(10-1)37-22-38(32-11-2-8-29(20-32)35-14-5-17-41-26-35)24-39(23-37)33-12-3-9-30(21-33)36-15-6-18-42-27-36/h8-31H,5-7,32-33H2,1-4H3;1-27H;1-27H. The van der Waals surface area contributed by atoms with Crippen molar-refractivity contribution in [2.75, 3.05) is 9.80 Å². The van der Waals surface area contributed by atoms with Crippen molar-refractivity contribution in [3.05, 3.63) is 507 Å². The van der Waals surface area contributed by atoms with Gasteiger partial charge in [-0.25, -0.2) is 4.98 Å². The van der Waals surface area contributed by atoms with Gasteiger partial charge in [-0.1, -0.05) is 290 Å². The lowest BCUT2D eigenvalue weighted by atomic mass is 9.65. The van der Waals surface area contributed by atoms with Gasteiger partial charge in [0.2, 0.25) is 0 Å². The summed E-state index contributed by atoms with van der Waals surface area (Å²) in [5, 5.41) is 5.04. The van der Waals surface area contributed by atoms with Crippen LogP contribution in [-0.4, -0.2) is 29.1 Å². The highest BCUT2D eigenvalue weighted by Crippen LogP contribution is 2.49. The Hall–Kier alpha value is -16.7. The minimum Gasteiger partial charge on any atom is -0.311 e. The SMILES string of the molecule is Cc1ccc(N(c2ccc(C)cc2)c2ccc(C3(c4ccc(N(c5ccc(C)cc5)c5ccc(C)cc5)cc4)CCCCC3)cc2)cc1.c1cc(-c2cccc(-c3cccc(-n4c5ccccc5c5ccccc54)c3)n2)cc(-n2c3ccccc3c3ccccc32)c1.c1cncc(-c2cccc(-c3cc(-c4cccc(-c5cccnc5)c4)cc(-c4cccc(-c5cccnc5)c4)c3)c2)c1. The molecule has 8 heteroatoms. The zero-order chi connectivity index (χ0) is 90.3. The first kappa shape index (κ1) is 84.2. The van der Waals surface area contributed by atoms with E-state index in [1.165, 1.54) is 143 Å². The maximum absolute atomic E-state index is 5.19. The van der Waals surface area contributed by atoms with Crippen LogP contribution < -0.4 is 9.80 Å². The number of benzene rings is 16. The van der Waals surface area contributed by atoms with Crippen molar-refractivity contribution in [3.8, 4) is 101 Å². The normalized spacial score (nSPS) is 12.2. The summed E-state index contributed by atoms with van der Waals surface area (Å²) in [6, 6.07) is 158. The lowest BCUT2D eigenvalue weighted by Gasteiger charge is -2.39. The Labute approximate surface area is 784 Å². The van der Waals surface area contributed by atoms with E-state index in [0.717, 1.165) is 101 Å². The number of hydrogen-bond donors (Lipinski definition) is 0. The molecular formula is C126H100N8. The smallest absolute Gasteiger partial charge is 0.0710 e. The van der Waals surface area contributed by atoms with Crippen molar-refractivity contribution in [2.45, 2.75) is 65.2 Å². The summed E-state index contributed by atoms with van der Waals surface area (Å²) in [7, 11) is 0. The molecule has 0 atom stereocenters. The van der Waals surface area contributed by atoms with E-state index in [-0.39, 0.29) is 5.41 Å². The van der Waals surface area contributed by atoms with Crippen LogP contribution >= 0.6 is 0 Å². The average molecular weight is 1730 g/mol. The summed E-state index contributed by atoms with van der Waals surface area (Å²) in [6.45, 7) is 8.59. The van der Waals surface area contributed by atoms with E-state index in [1.54, 1.807) is 0 Å². The lowest BCUT2D eigenvalue weighted by Crippen LogP contribution is -2.30. The number of anilines is 6. The van der Waals surface area contributed by atoms with Crippen LogP contribution in [-0.2, 0) is 5.41 Å². The molecule has 0 radical (unpaired) electrons. The second-order valence-electron chi connectivity index (χ2n) is 35.3. The van der Waals surface area contributed by atoms with Crippen molar-refractivity contribution in [2.24, 2.45) is 0 Å². The number of pyridine rings is 4. The van der Waals surface area contributed by atoms with Crippen molar-refractivity contribution >= 4 is 77.7 Å². The molecule has 1 aliphatic rings. The van der Waals surface area contributed by atoms with Crippen molar-refractivity contribution in [1.29, 1.82) is 0 Å². The molecule has 1 aliphatic carbocycles. The number of nitrogens with zero attached hydrogens (tertiary/aromatic N) is 8. The van der Waals surface area contributed by atoms with Crippen LogP contribution in [0.15, 0.2) is 474 Å². The third kappa shape index (κ3) is 17.5. The lowest BCUT2D eigenvalue weighted by molar-refractivity contribution is 0.346. The van der Waals surface area contributed by atoms with Crippen molar-refractivity contribution in [3.63, 3.8) is 0 Å². The first-order chi connectivity index (χ1) is 66.0. The van der Waals surface area contributed by atoms with Crippen LogP contribution in [0.1, 0.15) is 65.5 Å². The van der Waals surface area contributed by atoms with E-state index in [1.807, 2.05) is 55.4 Å². The molecule has 0 saturated heterocycles. The van der Waals surface area contributed by atoms with E-state index >= 15 is 0 Å². The van der Waals surface area contributed by atoms with Crippen LogP contribution in [0, 0.1) is 27.7 Å². The van der Waals surface area contributed by atoms with Gasteiger partial charge in [0.25, 0.3) is 0 Å². The van der Waals surface area contributed by atoms with Gasteiger partial charge in [-0.3, -0.25) is 15.0 Å². The second kappa shape index (κ2) is 37.8. The minimum atomic E-state index is 0.00636. The predicted molar refractivity (Wildman–Crippen MR) is 561 cm³/mol. The molecule has 1 saturated carbocycles. The van der Waals surface area contributed by atoms with Crippen LogP contribution in [0.3, 0.4) is 0 Å². The fourth-order valence-electron chi connectivity index (χ4n) is 19.6. The summed E-state index contributed by atoms with van der Waals surface area (Å²) in [5.41, 5.74) is 39.8. The monoisotopic (exact) mass is 1720 g/mol. The van der Waals surface area contributed by atoms with E-state index in [4.69, 9.17) is 4.98 Å². The molecule has 8 nitrogen and oxygen atoms in total. The summed E-state index contributed by atoms with van der Waals surface area (Å²) < 4.78 is 4.71. The van der Waals surface area contributed by atoms with E-state index in [0.29, 0.717) is 0 Å². The molecule has 0 N–H and O–H groups in total. The quantitative estimate of drug-likeness (QED) is 0.0853. The first-order valence-electron chi connectivity index (χ1n) is 46.4. The van der Waals surface area contributed by atoms with E-state index < -0.39 is 0 Å². The summed E-state index contributed by atoms with van der Waals surface area (Å²) in [4.78, 5) is 22.9. The van der Waals surface area contributed by atoms with Gasteiger partial charge in [0.15, 0.2) is 0 Å². The van der Waals surface area contributed by atoms with Gasteiger partial charge in [-0.05, 0) is 290 Å². The second-order valence-corrected chi connectivity index (χ2v) is 35.3. The zero-order valence-electron chi connectivity index (χ0n) is 75.6. The number of aryl methyl sites for hydroxylation is 4. The molecule has 644 valence electrons. The first-order valence-corrected chi connectivity index (χ1v) is 46.4. The molecule has 6 aromatic heterocycles. The van der Waals surface area contributed by atoms with E-state index in [2.05, 4.69) is 480 Å². The predicted octanol–water partition coefficient (Wildman–Crippen LogP) is 33.6. The fourth-order valence-corrected chi connectivity index (χ4v) is 19.6. The number of rotatable bonds is 18. The molecular weight excluding hydrogens is 1630 g/mol. The van der Waals surface area contributed by atoms with E-state index in [9.17, 15) is 0 Å². The zero-order valence-corrected chi connectivity index (χ0v) is 75.6. The van der Waals surface area contributed by atoms with Gasteiger partial charge in [0.05, 0.1) is 33.5 Å². The molecule has 0 spiro atoms. The third-order valence-electron chi connectivity index (χ3n) is 26.4. The molecule has 0 unspecified atom stereocenters. The molecule has 1 fully saturated rings. The number of aromatic nitrogens is 6. The highest BCUT2D eigenvalue weighted by molar-refractivity contribution is 6.10.